The van der Waals surface area contributed by atoms with Gasteiger partial charge in [-0.05, 0) is 42.0 Å². The molecule has 0 saturated heterocycles. The van der Waals surface area contributed by atoms with Gasteiger partial charge in [-0.15, -0.1) is 0 Å². The second kappa shape index (κ2) is 9.58. The lowest BCUT2D eigenvalue weighted by Gasteiger charge is -2.09. The van der Waals surface area contributed by atoms with E-state index in [1.165, 1.54) is 0 Å². The number of halogens is 1. The average molecular weight is 375 g/mol. The number of amides is 2. The zero-order valence-electron chi connectivity index (χ0n) is 14.3. The van der Waals surface area contributed by atoms with E-state index in [2.05, 4.69) is 10.9 Å². The normalized spacial score (nSPS) is 10.1. The lowest BCUT2D eigenvalue weighted by Crippen LogP contribution is -2.44. The molecular formula is C19H19ClN2O4. The maximum Gasteiger partial charge on any atom is 0.276 e. The van der Waals surface area contributed by atoms with Gasteiger partial charge in [-0.25, -0.2) is 0 Å². The maximum atomic E-state index is 11.8. The standard InChI is InChI=1S/C19H19ClN2O4/c1-2-17(23)14-5-9-16(10-6-14)26-12-19(25)22-21-18(24)11-13-3-7-15(20)8-4-13/h3-10H,2,11-12H2,1H3,(H,21,24)(H,22,25). The van der Waals surface area contributed by atoms with E-state index in [0.717, 1.165) is 5.56 Å². The van der Waals surface area contributed by atoms with E-state index in [1.807, 2.05) is 0 Å². The van der Waals surface area contributed by atoms with Gasteiger partial charge in [-0.2, -0.15) is 0 Å². The summed E-state index contributed by atoms with van der Waals surface area (Å²) in [5.74, 6) is -0.357. The predicted octanol–water partition coefficient (Wildman–Crippen LogP) is 2.70. The van der Waals surface area contributed by atoms with Crippen molar-refractivity contribution in [2.45, 2.75) is 19.8 Å². The quantitative estimate of drug-likeness (QED) is 0.576. The Morgan fingerprint density at radius 3 is 2.15 bits per heavy atom. The Bertz CT molecular complexity index is 773. The third-order valence-corrected chi connectivity index (χ3v) is 3.74. The van der Waals surface area contributed by atoms with Gasteiger partial charge in [0.1, 0.15) is 5.75 Å². The highest BCUT2D eigenvalue weighted by molar-refractivity contribution is 6.30. The number of benzene rings is 2. The van der Waals surface area contributed by atoms with Crippen LogP contribution in [0.3, 0.4) is 0 Å². The lowest BCUT2D eigenvalue weighted by atomic mass is 10.1. The first-order chi connectivity index (χ1) is 12.5. The van der Waals surface area contributed by atoms with Gasteiger partial charge < -0.3 is 4.74 Å². The first kappa shape index (κ1) is 19.5. The van der Waals surface area contributed by atoms with Crippen molar-refractivity contribution in [1.29, 1.82) is 0 Å². The van der Waals surface area contributed by atoms with Crippen LogP contribution in [0.5, 0.6) is 5.75 Å². The van der Waals surface area contributed by atoms with Crippen LogP contribution < -0.4 is 15.6 Å². The van der Waals surface area contributed by atoms with E-state index in [9.17, 15) is 14.4 Å². The van der Waals surface area contributed by atoms with Crippen LogP contribution in [0, 0.1) is 0 Å². The highest BCUT2D eigenvalue weighted by atomic mass is 35.5. The van der Waals surface area contributed by atoms with Crippen molar-refractivity contribution in [3.63, 3.8) is 0 Å². The summed E-state index contributed by atoms with van der Waals surface area (Å²) in [6.07, 6.45) is 0.545. The van der Waals surface area contributed by atoms with Gasteiger partial charge in [0.05, 0.1) is 6.42 Å². The SMILES string of the molecule is CCC(=O)c1ccc(OCC(=O)NNC(=O)Cc2ccc(Cl)cc2)cc1. The molecule has 0 aliphatic rings. The molecule has 0 bridgehead atoms. The molecule has 7 heteroatoms. The van der Waals surface area contributed by atoms with Crippen LogP contribution in [0.25, 0.3) is 0 Å². The van der Waals surface area contributed by atoms with Gasteiger partial charge in [0.25, 0.3) is 5.91 Å². The van der Waals surface area contributed by atoms with E-state index in [-0.39, 0.29) is 24.7 Å². The fourth-order valence-corrected chi connectivity index (χ4v) is 2.22. The van der Waals surface area contributed by atoms with Gasteiger partial charge in [0.2, 0.25) is 5.91 Å². The molecule has 0 atom stereocenters. The number of hydrogen-bond donors (Lipinski definition) is 2. The molecule has 0 spiro atoms. The summed E-state index contributed by atoms with van der Waals surface area (Å²) < 4.78 is 5.31. The Morgan fingerprint density at radius 2 is 1.54 bits per heavy atom. The van der Waals surface area contributed by atoms with Crippen molar-refractivity contribution in [1.82, 2.24) is 10.9 Å². The molecule has 136 valence electrons. The minimum absolute atomic E-state index is 0.0395. The molecule has 2 amide bonds. The van der Waals surface area contributed by atoms with Crippen LogP contribution in [0.1, 0.15) is 29.3 Å². The highest BCUT2D eigenvalue weighted by Crippen LogP contribution is 2.13. The van der Waals surface area contributed by atoms with E-state index in [1.54, 1.807) is 55.5 Å². The summed E-state index contributed by atoms with van der Waals surface area (Å²) in [5, 5.41) is 0.590. The fourth-order valence-electron chi connectivity index (χ4n) is 2.10. The smallest absolute Gasteiger partial charge is 0.276 e. The Hall–Kier alpha value is -2.86. The van der Waals surface area contributed by atoms with Crippen molar-refractivity contribution < 1.29 is 19.1 Å². The summed E-state index contributed by atoms with van der Waals surface area (Å²) in [5.41, 5.74) is 5.97. The average Bonchev–Trinajstić information content (AvgIpc) is 2.66. The Labute approximate surface area is 156 Å². The fraction of sp³-hybridized carbons (Fsp3) is 0.211. The molecule has 6 nitrogen and oxygen atoms in total. The number of ketones is 1. The molecule has 2 N–H and O–H groups in total. The summed E-state index contributed by atoms with van der Waals surface area (Å²) in [7, 11) is 0. The molecule has 0 fully saturated rings. The van der Waals surface area contributed by atoms with Gasteiger partial charge in [-0.1, -0.05) is 30.7 Å². The number of carbonyl (C=O) groups is 3. The Balaban J connectivity index is 1.72. The molecule has 0 radical (unpaired) electrons. The van der Waals surface area contributed by atoms with E-state index in [0.29, 0.717) is 22.8 Å². The minimum atomic E-state index is -0.497. The number of carbonyl (C=O) groups excluding carboxylic acids is 3. The summed E-state index contributed by atoms with van der Waals surface area (Å²) in [6.45, 7) is 1.53. The van der Waals surface area contributed by atoms with Crippen LogP contribution in [0.2, 0.25) is 5.02 Å². The van der Waals surface area contributed by atoms with Crippen LogP contribution in [0.15, 0.2) is 48.5 Å². The van der Waals surface area contributed by atoms with E-state index >= 15 is 0 Å². The van der Waals surface area contributed by atoms with Gasteiger partial charge in [0.15, 0.2) is 12.4 Å². The van der Waals surface area contributed by atoms with Gasteiger partial charge >= 0.3 is 0 Å². The van der Waals surface area contributed by atoms with Crippen molar-refractivity contribution in [2.75, 3.05) is 6.61 Å². The van der Waals surface area contributed by atoms with Gasteiger partial charge in [0, 0.05) is 17.0 Å². The van der Waals surface area contributed by atoms with Crippen molar-refractivity contribution >= 4 is 29.2 Å². The Morgan fingerprint density at radius 1 is 0.923 bits per heavy atom. The van der Waals surface area contributed by atoms with Crippen molar-refractivity contribution in [3.8, 4) is 5.75 Å². The zero-order chi connectivity index (χ0) is 18.9. The second-order valence-electron chi connectivity index (χ2n) is 5.49. The predicted molar refractivity (Wildman–Crippen MR) is 98.0 cm³/mol. The molecule has 2 rings (SSSR count). The van der Waals surface area contributed by atoms with Crippen LogP contribution >= 0.6 is 11.6 Å². The molecule has 0 aliphatic heterocycles. The number of hydrogen-bond acceptors (Lipinski definition) is 4. The number of rotatable bonds is 7. The third kappa shape index (κ3) is 6.22. The molecule has 0 saturated carbocycles. The monoisotopic (exact) mass is 374 g/mol. The molecule has 2 aromatic carbocycles. The highest BCUT2D eigenvalue weighted by Gasteiger charge is 2.08. The topological polar surface area (TPSA) is 84.5 Å². The molecule has 26 heavy (non-hydrogen) atoms. The van der Waals surface area contributed by atoms with Crippen LogP contribution in [0.4, 0.5) is 0 Å². The number of Topliss-reactive ketones (excluding diaryl/α,β-unsaturated/α-hetero) is 1. The zero-order valence-corrected chi connectivity index (χ0v) is 15.0. The first-order valence-corrected chi connectivity index (χ1v) is 8.44. The van der Waals surface area contributed by atoms with Crippen molar-refractivity contribution in [2.24, 2.45) is 0 Å². The number of nitrogens with one attached hydrogen (secondary N) is 2. The van der Waals surface area contributed by atoms with E-state index < -0.39 is 5.91 Å². The second-order valence-corrected chi connectivity index (χ2v) is 5.93. The van der Waals surface area contributed by atoms with E-state index in [4.69, 9.17) is 16.3 Å². The largest absolute Gasteiger partial charge is 0.484 e. The van der Waals surface area contributed by atoms with Crippen LogP contribution in [-0.2, 0) is 16.0 Å². The lowest BCUT2D eigenvalue weighted by molar-refractivity contribution is -0.129. The molecular weight excluding hydrogens is 356 g/mol. The summed E-state index contributed by atoms with van der Waals surface area (Å²) >= 11 is 5.78. The molecule has 0 aliphatic carbocycles. The first-order valence-electron chi connectivity index (χ1n) is 8.06. The van der Waals surface area contributed by atoms with Crippen LogP contribution in [-0.4, -0.2) is 24.2 Å². The summed E-state index contributed by atoms with van der Waals surface area (Å²) in [4.78, 5) is 35.0. The molecule has 0 unspecified atom stereocenters. The molecule has 2 aromatic rings. The summed E-state index contributed by atoms with van der Waals surface area (Å²) in [6, 6.07) is 13.4. The molecule has 0 aromatic heterocycles. The number of ether oxygens (including phenoxy) is 1. The maximum absolute atomic E-state index is 11.8. The third-order valence-electron chi connectivity index (χ3n) is 3.49. The Kier molecular flexibility index (Phi) is 7.17. The minimum Gasteiger partial charge on any atom is -0.484 e. The molecule has 0 heterocycles. The van der Waals surface area contributed by atoms with Gasteiger partial charge in [-0.3, -0.25) is 25.2 Å². The van der Waals surface area contributed by atoms with Crippen molar-refractivity contribution in [3.05, 3.63) is 64.7 Å². The number of hydrazine groups is 1.